The number of rotatable bonds is 7. The number of hydrogen-bond donors (Lipinski definition) is 2. The quantitative estimate of drug-likeness (QED) is 0.559. The summed E-state index contributed by atoms with van der Waals surface area (Å²) in [4.78, 5) is 42.7. The van der Waals surface area contributed by atoms with Gasteiger partial charge in [-0.2, -0.15) is 5.10 Å². The van der Waals surface area contributed by atoms with Gasteiger partial charge in [0.1, 0.15) is 12.0 Å². The third-order valence-electron chi connectivity index (χ3n) is 6.06. The predicted octanol–water partition coefficient (Wildman–Crippen LogP) is 2.96. The number of methoxy groups -OCH3 is 2. The molecule has 2 N–H and O–H groups in total. The lowest BCUT2D eigenvalue weighted by molar-refractivity contribution is -0.116. The standard InChI is InChI=1S/C24H23N5O5/c1-33-17-10-9-15-20(21(17)34-2)24(32)29-16-7-4-3-6-14(16)23(31)28(22(15)29)13-5-8-19(30)26-18-11-12-25-27-18/h3-4,6-7,9-12,22H,5,8,13H2,1-2H3,(H2,25,26,27,30). The number of benzene rings is 2. The van der Waals surface area contributed by atoms with E-state index in [-0.39, 0.29) is 30.7 Å². The number of nitrogens with one attached hydrogen (secondary N) is 2. The first-order valence-corrected chi connectivity index (χ1v) is 10.8. The molecule has 1 unspecified atom stereocenters. The first-order chi connectivity index (χ1) is 16.5. The number of H-pyrrole nitrogens is 1. The van der Waals surface area contributed by atoms with E-state index in [0.29, 0.717) is 46.1 Å². The van der Waals surface area contributed by atoms with Crippen molar-refractivity contribution >= 4 is 29.2 Å². The van der Waals surface area contributed by atoms with Crippen LogP contribution in [0.3, 0.4) is 0 Å². The Morgan fingerprint density at radius 3 is 2.65 bits per heavy atom. The second-order valence-corrected chi connectivity index (χ2v) is 7.95. The summed E-state index contributed by atoms with van der Waals surface area (Å²) in [6.07, 6.45) is 1.52. The Morgan fingerprint density at radius 2 is 1.91 bits per heavy atom. The van der Waals surface area contributed by atoms with Crippen molar-refractivity contribution in [3.05, 3.63) is 65.4 Å². The second-order valence-electron chi connectivity index (χ2n) is 7.95. The molecule has 174 valence electrons. The van der Waals surface area contributed by atoms with Crippen LogP contribution in [0.15, 0.2) is 48.7 Å². The number of fused-ring (bicyclic) bond motifs is 5. The lowest BCUT2D eigenvalue weighted by Gasteiger charge is -2.41. The van der Waals surface area contributed by atoms with Crippen molar-refractivity contribution in [2.45, 2.75) is 19.0 Å². The molecule has 10 nitrogen and oxygen atoms in total. The van der Waals surface area contributed by atoms with Crippen molar-refractivity contribution in [2.75, 3.05) is 31.0 Å². The molecule has 1 aromatic heterocycles. The number of anilines is 2. The predicted molar refractivity (Wildman–Crippen MR) is 123 cm³/mol. The van der Waals surface area contributed by atoms with Crippen LogP contribution in [0, 0.1) is 0 Å². The number of hydrogen-bond acceptors (Lipinski definition) is 6. The summed E-state index contributed by atoms with van der Waals surface area (Å²) in [5.41, 5.74) is 2.02. The van der Waals surface area contributed by atoms with E-state index in [9.17, 15) is 14.4 Å². The number of carbonyl (C=O) groups is 3. The normalized spacial score (nSPS) is 16.1. The van der Waals surface area contributed by atoms with E-state index < -0.39 is 6.17 Å². The molecule has 1 atom stereocenters. The number of aromatic nitrogens is 2. The van der Waals surface area contributed by atoms with Crippen LogP contribution in [0.2, 0.25) is 0 Å². The average Bonchev–Trinajstić information content (AvgIpc) is 3.46. The highest BCUT2D eigenvalue weighted by molar-refractivity contribution is 6.18. The summed E-state index contributed by atoms with van der Waals surface area (Å²) in [6.45, 7) is 0.284. The number of nitrogens with zero attached hydrogens (tertiary/aromatic N) is 3. The minimum absolute atomic E-state index is 0.193. The van der Waals surface area contributed by atoms with Crippen molar-refractivity contribution in [1.29, 1.82) is 0 Å². The van der Waals surface area contributed by atoms with Gasteiger partial charge in [0, 0.05) is 24.6 Å². The van der Waals surface area contributed by atoms with Crippen LogP contribution < -0.4 is 19.7 Å². The first kappa shape index (κ1) is 21.5. The monoisotopic (exact) mass is 461 g/mol. The van der Waals surface area contributed by atoms with Gasteiger partial charge in [-0.3, -0.25) is 24.4 Å². The van der Waals surface area contributed by atoms with Gasteiger partial charge in [0.05, 0.1) is 37.2 Å². The van der Waals surface area contributed by atoms with Crippen molar-refractivity contribution in [2.24, 2.45) is 0 Å². The number of carbonyl (C=O) groups excluding carboxylic acids is 3. The molecule has 2 aliphatic rings. The van der Waals surface area contributed by atoms with Gasteiger partial charge in [-0.05, 0) is 24.6 Å². The molecule has 3 amide bonds. The van der Waals surface area contributed by atoms with Crippen LogP contribution in [0.25, 0.3) is 0 Å². The zero-order valence-corrected chi connectivity index (χ0v) is 18.7. The number of para-hydroxylation sites is 1. The van der Waals surface area contributed by atoms with Crippen molar-refractivity contribution < 1.29 is 23.9 Å². The van der Waals surface area contributed by atoms with E-state index >= 15 is 0 Å². The topological polar surface area (TPSA) is 117 Å². The van der Waals surface area contributed by atoms with E-state index in [0.717, 1.165) is 0 Å². The summed E-state index contributed by atoms with van der Waals surface area (Å²) in [7, 11) is 2.99. The number of aromatic amines is 1. The molecule has 0 saturated carbocycles. The van der Waals surface area contributed by atoms with Crippen LogP contribution in [-0.2, 0) is 4.79 Å². The molecule has 0 spiro atoms. The van der Waals surface area contributed by atoms with Gasteiger partial charge in [0.15, 0.2) is 11.5 Å². The molecule has 10 heteroatoms. The Morgan fingerprint density at radius 1 is 1.09 bits per heavy atom. The summed E-state index contributed by atoms with van der Waals surface area (Å²) in [5.74, 6) is 0.633. The lowest BCUT2D eigenvalue weighted by atomic mass is 10.0. The van der Waals surface area contributed by atoms with Gasteiger partial charge in [-0.15, -0.1) is 0 Å². The Balaban J connectivity index is 1.48. The molecule has 0 bridgehead atoms. The minimum Gasteiger partial charge on any atom is -0.493 e. The van der Waals surface area contributed by atoms with Crippen molar-refractivity contribution in [1.82, 2.24) is 15.1 Å². The third-order valence-corrected chi connectivity index (χ3v) is 6.06. The zero-order chi connectivity index (χ0) is 23.8. The van der Waals surface area contributed by atoms with Crippen LogP contribution in [-0.4, -0.2) is 53.6 Å². The summed E-state index contributed by atoms with van der Waals surface area (Å²) in [6, 6.07) is 12.2. The Hall–Kier alpha value is -4.34. The van der Waals surface area contributed by atoms with E-state index in [1.165, 1.54) is 14.2 Å². The average molecular weight is 461 g/mol. The molecule has 0 radical (unpaired) electrons. The summed E-state index contributed by atoms with van der Waals surface area (Å²) in [5, 5.41) is 9.21. The second kappa shape index (κ2) is 8.54. The van der Waals surface area contributed by atoms with E-state index in [1.54, 1.807) is 58.5 Å². The summed E-state index contributed by atoms with van der Waals surface area (Å²) >= 11 is 0. The molecule has 0 saturated heterocycles. The number of ether oxygens (including phenoxy) is 2. The zero-order valence-electron chi connectivity index (χ0n) is 18.7. The third kappa shape index (κ3) is 3.35. The largest absolute Gasteiger partial charge is 0.493 e. The van der Waals surface area contributed by atoms with Gasteiger partial charge in [-0.25, -0.2) is 0 Å². The maximum Gasteiger partial charge on any atom is 0.264 e. The Labute approximate surface area is 195 Å². The molecule has 2 aromatic carbocycles. The molecular formula is C24H23N5O5. The first-order valence-electron chi connectivity index (χ1n) is 10.8. The van der Waals surface area contributed by atoms with E-state index in [2.05, 4.69) is 15.5 Å². The van der Waals surface area contributed by atoms with Crippen LogP contribution in [0.1, 0.15) is 45.3 Å². The molecule has 5 rings (SSSR count). The highest BCUT2D eigenvalue weighted by Gasteiger charge is 2.49. The van der Waals surface area contributed by atoms with Crippen molar-refractivity contribution in [3.63, 3.8) is 0 Å². The highest BCUT2D eigenvalue weighted by Crippen LogP contribution is 2.49. The summed E-state index contributed by atoms with van der Waals surface area (Å²) < 4.78 is 10.9. The SMILES string of the molecule is COc1ccc2c(c1OC)C(=O)N1c3ccccc3C(=O)N(CCCC(=O)Nc3ccn[nH]3)C21. The van der Waals surface area contributed by atoms with Gasteiger partial charge < -0.3 is 19.7 Å². The fraction of sp³-hybridized carbons (Fsp3) is 0.250. The fourth-order valence-corrected chi connectivity index (χ4v) is 4.60. The van der Waals surface area contributed by atoms with Crippen LogP contribution in [0.4, 0.5) is 11.5 Å². The van der Waals surface area contributed by atoms with Gasteiger partial charge in [0.2, 0.25) is 5.91 Å². The maximum atomic E-state index is 13.6. The lowest BCUT2D eigenvalue weighted by Crippen LogP contribution is -2.48. The molecule has 34 heavy (non-hydrogen) atoms. The molecule has 2 aliphatic heterocycles. The van der Waals surface area contributed by atoms with Gasteiger partial charge in [-0.1, -0.05) is 18.2 Å². The molecule has 0 fully saturated rings. The van der Waals surface area contributed by atoms with Crippen LogP contribution in [0.5, 0.6) is 11.5 Å². The minimum atomic E-state index is -0.639. The van der Waals surface area contributed by atoms with Crippen LogP contribution >= 0.6 is 0 Å². The van der Waals surface area contributed by atoms with Gasteiger partial charge in [0.25, 0.3) is 11.8 Å². The fourth-order valence-electron chi connectivity index (χ4n) is 4.60. The molecule has 0 aliphatic carbocycles. The Kier molecular flexibility index (Phi) is 5.40. The smallest absolute Gasteiger partial charge is 0.264 e. The van der Waals surface area contributed by atoms with Gasteiger partial charge >= 0.3 is 0 Å². The molecule has 3 heterocycles. The Bertz CT molecular complexity index is 1270. The van der Waals surface area contributed by atoms with E-state index in [1.807, 2.05) is 0 Å². The molecular weight excluding hydrogens is 438 g/mol. The number of amides is 3. The van der Waals surface area contributed by atoms with Crippen molar-refractivity contribution in [3.8, 4) is 11.5 Å². The highest BCUT2D eigenvalue weighted by atomic mass is 16.5. The molecule has 3 aromatic rings. The van der Waals surface area contributed by atoms with E-state index in [4.69, 9.17) is 9.47 Å². The maximum absolute atomic E-state index is 13.6.